The molecule has 0 spiro atoms. The van der Waals surface area contributed by atoms with Crippen LogP contribution in [0.1, 0.15) is 24.3 Å². The molecule has 2 aliphatic heterocycles. The zero-order valence-electron chi connectivity index (χ0n) is 14.5. The van der Waals surface area contributed by atoms with E-state index in [-0.39, 0.29) is 24.5 Å². The number of fused-ring (bicyclic) bond motifs is 1. The Morgan fingerprint density at radius 1 is 1.44 bits per heavy atom. The molecule has 2 fully saturated rings. The summed E-state index contributed by atoms with van der Waals surface area (Å²) in [5.74, 6) is -1.55. The highest BCUT2D eigenvalue weighted by Gasteiger charge is 2.68. The maximum absolute atomic E-state index is 12.9. The number of nitrogens with zero attached hydrogens (tertiary/aromatic N) is 1. The van der Waals surface area contributed by atoms with Crippen molar-refractivity contribution in [1.82, 2.24) is 10.2 Å². The average molecular weight is 383 g/mol. The van der Waals surface area contributed by atoms with Gasteiger partial charge < -0.3 is 4.74 Å². The third-order valence-corrected chi connectivity index (χ3v) is 6.63. The van der Waals surface area contributed by atoms with Gasteiger partial charge in [0.2, 0.25) is 11.8 Å². The van der Waals surface area contributed by atoms with E-state index in [1.54, 1.807) is 18.7 Å². The average Bonchev–Trinajstić information content (AvgIpc) is 3.28. The Hall–Kier alpha value is -1.38. The van der Waals surface area contributed by atoms with Gasteiger partial charge in [-0.1, -0.05) is 6.07 Å². The highest BCUT2D eigenvalue weighted by molar-refractivity contribution is 7.98. The molecule has 0 aromatic carbocycles. The number of esters is 1. The minimum atomic E-state index is -1.16. The van der Waals surface area contributed by atoms with Crippen LogP contribution in [-0.2, 0) is 19.1 Å². The monoisotopic (exact) mass is 382 g/mol. The third-order valence-electron chi connectivity index (χ3n) is 5.06. The zero-order valence-corrected chi connectivity index (χ0v) is 16.1. The molecular weight excluding hydrogens is 360 g/mol. The number of thioether (sulfide) groups is 1. The predicted molar refractivity (Wildman–Crippen MR) is 97.3 cm³/mol. The second-order valence-electron chi connectivity index (χ2n) is 6.31. The van der Waals surface area contributed by atoms with Gasteiger partial charge in [-0.25, -0.2) is 0 Å². The molecule has 3 rings (SSSR count). The van der Waals surface area contributed by atoms with Crippen LogP contribution in [0.2, 0.25) is 0 Å². The Labute approximate surface area is 155 Å². The molecule has 4 atom stereocenters. The largest absolute Gasteiger partial charge is 0.465 e. The van der Waals surface area contributed by atoms with Crippen LogP contribution >= 0.6 is 23.1 Å². The fourth-order valence-electron chi connectivity index (χ4n) is 3.90. The summed E-state index contributed by atoms with van der Waals surface area (Å²) in [5.41, 5.74) is -1.16. The van der Waals surface area contributed by atoms with Crippen molar-refractivity contribution in [1.29, 1.82) is 0 Å². The highest BCUT2D eigenvalue weighted by atomic mass is 32.2. The van der Waals surface area contributed by atoms with Gasteiger partial charge in [-0.15, -0.1) is 11.3 Å². The summed E-state index contributed by atoms with van der Waals surface area (Å²) in [6.45, 7) is 1.98. The van der Waals surface area contributed by atoms with Crippen LogP contribution in [0.4, 0.5) is 0 Å². The lowest BCUT2D eigenvalue weighted by atomic mass is 9.78. The van der Waals surface area contributed by atoms with Gasteiger partial charge in [0, 0.05) is 11.9 Å². The van der Waals surface area contributed by atoms with E-state index in [1.165, 1.54) is 23.3 Å². The van der Waals surface area contributed by atoms with E-state index >= 15 is 0 Å². The number of carbonyl (C=O) groups is 3. The number of likely N-dealkylation sites (tertiary alicyclic amines) is 1. The first-order valence-corrected chi connectivity index (χ1v) is 10.5. The van der Waals surface area contributed by atoms with Crippen molar-refractivity contribution in [3.8, 4) is 0 Å². The molecule has 136 valence electrons. The molecule has 3 heterocycles. The first-order chi connectivity index (χ1) is 12.0. The Balaban J connectivity index is 2.09. The number of hydrogen-bond donors (Lipinski definition) is 1. The maximum atomic E-state index is 12.9. The molecule has 2 saturated heterocycles. The van der Waals surface area contributed by atoms with Crippen molar-refractivity contribution in [2.75, 3.05) is 25.7 Å². The molecule has 0 bridgehead atoms. The summed E-state index contributed by atoms with van der Waals surface area (Å²) >= 11 is 3.12. The van der Waals surface area contributed by atoms with Crippen LogP contribution in [0.15, 0.2) is 17.5 Å². The quantitative estimate of drug-likeness (QED) is 0.596. The van der Waals surface area contributed by atoms with E-state index in [4.69, 9.17) is 4.74 Å². The van der Waals surface area contributed by atoms with Crippen molar-refractivity contribution in [3.05, 3.63) is 22.4 Å². The van der Waals surface area contributed by atoms with Gasteiger partial charge in [-0.05, 0) is 36.8 Å². The minimum absolute atomic E-state index is 0.226. The maximum Gasteiger partial charge on any atom is 0.327 e. The molecular formula is C17H22N2O4S2. The molecule has 1 N–H and O–H groups in total. The Morgan fingerprint density at radius 3 is 2.80 bits per heavy atom. The summed E-state index contributed by atoms with van der Waals surface area (Å²) in [6, 6.07) is 3.50. The van der Waals surface area contributed by atoms with E-state index < -0.39 is 23.3 Å². The molecule has 1 aromatic heterocycles. The predicted octanol–water partition coefficient (Wildman–Crippen LogP) is 1.68. The first-order valence-electron chi connectivity index (χ1n) is 8.26. The number of thiophene rings is 1. The van der Waals surface area contributed by atoms with E-state index in [1.807, 2.05) is 23.8 Å². The van der Waals surface area contributed by atoms with Crippen LogP contribution in [0, 0.1) is 11.8 Å². The van der Waals surface area contributed by atoms with Crippen molar-refractivity contribution in [2.24, 2.45) is 11.8 Å². The molecule has 0 radical (unpaired) electrons. The summed E-state index contributed by atoms with van der Waals surface area (Å²) in [4.78, 5) is 40.7. The third kappa shape index (κ3) is 2.80. The van der Waals surface area contributed by atoms with Gasteiger partial charge in [-0.2, -0.15) is 11.8 Å². The SMILES string of the molecule is CCOC(=O)[C@]1(CCSC)N[C@H](c2cccs2)[C@H]2C(=O)N(C)C(=O)[C@H]21. The number of rotatable bonds is 6. The van der Waals surface area contributed by atoms with E-state index in [0.717, 1.165) is 4.88 Å². The molecule has 6 nitrogen and oxygen atoms in total. The van der Waals surface area contributed by atoms with E-state index in [2.05, 4.69) is 5.32 Å². The normalized spacial score (nSPS) is 31.5. The van der Waals surface area contributed by atoms with Gasteiger partial charge in [0.05, 0.1) is 24.5 Å². The lowest BCUT2D eigenvalue weighted by molar-refractivity contribution is -0.156. The molecule has 25 heavy (non-hydrogen) atoms. The number of ether oxygens (including phenoxy) is 1. The number of imide groups is 1. The molecule has 2 amide bonds. The zero-order chi connectivity index (χ0) is 18.2. The number of carbonyl (C=O) groups excluding carboxylic acids is 3. The standard InChI is InChI=1S/C17H22N2O4S2/c1-4-23-16(22)17(7-9-24-3)12-11(14(20)19(2)15(12)21)13(18-17)10-6-5-8-25-10/h5-6,8,11-13,18H,4,7,9H2,1-3H3/t11-,12-,13+,17+/m0/s1. The lowest BCUT2D eigenvalue weighted by Crippen LogP contribution is -2.56. The van der Waals surface area contributed by atoms with Crippen molar-refractivity contribution < 1.29 is 19.1 Å². The van der Waals surface area contributed by atoms with Crippen molar-refractivity contribution in [3.63, 3.8) is 0 Å². The fraction of sp³-hybridized carbons (Fsp3) is 0.588. The van der Waals surface area contributed by atoms with Gasteiger partial charge >= 0.3 is 5.97 Å². The number of nitrogens with one attached hydrogen (secondary N) is 1. The first kappa shape index (κ1) is 18.4. The fourth-order valence-corrected chi connectivity index (χ4v) is 5.25. The lowest BCUT2D eigenvalue weighted by Gasteiger charge is -2.32. The molecule has 8 heteroatoms. The molecule has 1 aromatic rings. The van der Waals surface area contributed by atoms with E-state index in [9.17, 15) is 14.4 Å². The van der Waals surface area contributed by atoms with Crippen molar-refractivity contribution in [2.45, 2.75) is 24.9 Å². The second-order valence-corrected chi connectivity index (χ2v) is 8.28. The summed E-state index contributed by atoms with van der Waals surface area (Å²) in [5, 5.41) is 5.30. The Bertz CT molecular complexity index is 678. The molecule has 0 aliphatic carbocycles. The van der Waals surface area contributed by atoms with Crippen LogP contribution < -0.4 is 5.32 Å². The Kier molecular flexibility index (Phi) is 5.22. The minimum Gasteiger partial charge on any atom is -0.465 e. The topological polar surface area (TPSA) is 75.7 Å². The van der Waals surface area contributed by atoms with Crippen LogP contribution in [-0.4, -0.2) is 53.9 Å². The molecule has 0 saturated carbocycles. The smallest absolute Gasteiger partial charge is 0.327 e. The van der Waals surface area contributed by atoms with Crippen molar-refractivity contribution >= 4 is 40.9 Å². The van der Waals surface area contributed by atoms with Gasteiger partial charge in [0.25, 0.3) is 0 Å². The van der Waals surface area contributed by atoms with Crippen LogP contribution in [0.25, 0.3) is 0 Å². The van der Waals surface area contributed by atoms with Crippen LogP contribution in [0.5, 0.6) is 0 Å². The molecule has 0 unspecified atom stereocenters. The second kappa shape index (κ2) is 7.09. The number of hydrogen-bond acceptors (Lipinski definition) is 7. The van der Waals surface area contributed by atoms with Gasteiger partial charge in [-0.3, -0.25) is 24.6 Å². The highest BCUT2D eigenvalue weighted by Crippen LogP contribution is 2.51. The molecule has 2 aliphatic rings. The van der Waals surface area contributed by atoms with Gasteiger partial charge in [0.1, 0.15) is 5.54 Å². The number of amides is 2. The van der Waals surface area contributed by atoms with Crippen LogP contribution in [0.3, 0.4) is 0 Å². The summed E-state index contributed by atoms with van der Waals surface area (Å²) < 4.78 is 5.33. The summed E-state index contributed by atoms with van der Waals surface area (Å²) in [7, 11) is 1.50. The van der Waals surface area contributed by atoms with Gasteiger partial charge in [0.15, 0.2) is 0 Å². The van der Waals surface area contributed by atoms with E-state index in [0.29, 0.717) is 12.2 Å². The Morgan fingerprint density at radius 2 is 2.20 bits per heavy atom. The summed E-state index contributed by atoms with van der Waals surface area (Å²) in [6.07, 6.45) is 2.40.